The van der Waals surface area contributed by atoms with Gasteiger partial charge in [0.2, 0.25) is 0 Å². The van der Waals surface area contributed by atoms with E-state index in [9.17, 15) is 9.59 Å². The molecule has 0 heterocycles. The van der Waals surface area contributed by atoms with Gasteiger partial charge >= 0.3 is 59.1 Å². The molecule has 0 amide bonds. The SMILES string of the molecule is C[Si]([O-])([O-])CCCN.[Na+].[Na+]. The summed E-state index contributed by atoms with van der Waals surface area (Å²) < 4.78 is 0. The molecule has 6 heteroatoms. The van der Waals surface area contributed by atoms with Gasteiger partial charge in [-0.2, -0.15) is 8.56 Å². The molecule has 0 radical (unpaired) electrons. The zero-order chi connectivity index (χ0) is 6.62. The van der Waals surface area contributed by atoms with Crippen molar-refractivity contribution in [3.63, 3.8) is 0 Å². The van der Waals surface area contributed by atoms with E-state index < -0.39 is 8.56 Å². The fourth-order valence-electron chi connectivity index (χ4n) is 0.423. The van der Waals surface area contributed by atoms with Crippen LogP contribution < -0.4 is 74.4 Å². The minimum absolute atomic E-state index is 0. The summed E-state index contributed by atoms with van der Waals surface area (Å²) in [6.45, 7) is 1.73. The van der Waals surface area contributed by atoms with Crippen LogP contribution in [0.2, 0.25) is 12.6 Å². The molecular formula is C4H11NNa2O2Si. The molecule has 0 rings (SSSR count). The molecule has 0 saturated heterocycles. The van der Waals surface area contributed by atoms with E-state index in [4.69, 9.17) is 5.73 Å². The van der Waals surface area contributed by atoms with Crippen molar-refractivity contribution in [2.45, 2.75) is 19.0 Å². The van der Waals surface area contributed by atoms with E-state index >= 15 is 0 Å². The second-order valence-electron chi connectivity index (χ2n) is 2.03. The van der Waals surface area contributed by atoms with Crippen molar-refractivity contribution in [2.24, 2.45) is 5.73 Å². The summed E-state index contributed by atoms with van der Waals surface area (Å²) in [6.07, 6.45) is 0.593. The smallest absolute Gasteiger partial charge is 0.870 e. The van der Waals surface area contributed by atoms with E-state index in [2.05, 4.69) is 0 Å². The van der Waals surface area contributed by atoms with E-state index in [1.54, 1.807) is 0 Å². The zero-order valence-electron chi connectivity index (χ0n) is 7.02. The second-order valence-corrected chi connectivity index (χ2v) is 4.79. The molecular weight excluding hydrogens is 168 g/mol. The first-order valence-electron chi connectivity index (χ1n) is 2.67. The molecule has 0 aliphatic rings. The van der Waals surface area contributed by atoms with Crippen LogP contribution in [0.25, 0.3) is 0 Å². The Morgan fingerprint density at radius 1 is 1.30 bits per heavy atom. The van der Waals surface area contributed by atoms with E-state index in [-0.39, 0.29) is 65.2 Å². The molecule has 0 saturated carbocycles. The summed E-state index contributed by atoms with van der Waals surface area (Å²) in [5.74, 6) is 0. The van der Waals surface area contributed by atoms with Gasteiger partial charge in [0, 0.05) is 0 Å². The van der Waals surface area contributed by atoms with Gasteiger partial charge in [-0.3, -0.25) is 0 Å². The summed E-state index contributed by atoms with van der Waals surface area (Å²) in [6, 6.07) is 0.267. The molecule has 0 fully saturated rings. The summed E-state index contributed by atoms with van der Waals surface area (Å²) in [5.41, 5.74) is 5.08. The van der Waals surface area contributed by atoms with Crippen molar-refractivity contribution in [3.05, 3.63) is 0 Å². The van der Waals surface area contributed by atoms with E-state index in [1.807, 2.05) is 0 Å². The van der Waals surface area contributed by atoms with Crippen LogP contribution in [0.1, 0.15) is 6.42 Å². The van der Waals surface area contributed by atoms with Gasteiger partial charge in [0.25, 0.3) is 0 Å². The third-order valence-corrected chi connectivity index (χ3v) is 2.10. The molecule has 0 unspecified atom stereocenters. The summed E-state index contributed by atoms with van der Waals surface area (Å²) in [7, 11) is -3.26. The van der Waals surface area contributed by atoms with Crippen molar-refractivity contribution >= 4 is 8.56 Å². The van der Waals surface area contributed by atoms with Crippen LogP contribution in [0.5, 0.6) is 0 Å². The van der Waals surface area contributed by atoms with Crippen LogP contribution in [0.3, 0.4) is 0 Å². The predicted octanol–water partition coefficient (Wildman–Crippen LogP) is -7.86. The van der Waals surface area contributed by atoms with Crippen LogP contribution in [0.4, 0.5) is 0 Å². The predicted molar refractivity (Wildman–Crippen MR) is 30.1 cm³/mol. The van der Waals surface area contributed by atoms with E-state index in [0.717, 1.165) is 0 Å². The van der Waals surface area contributed by atoms with Crippen molar-refractivity contribution < 1.29 is 68.7 Å². The van der Waals surface area contributed by atoms with Gasteiger partial charge < -0.3 is 15.3 Å². The average molecular weight is 179 g/mol. The second kappa shape index (κ2) is 9.19. The Bertz CT molecular complexity index is 68.8. The molecule has 2 N–H and O–H groups in total. The van der Waals surface area contributed by atoms with Crippen molar-refractivity contribution in [1.82, 2.24) is 0 Å². The molecule has 0 spiro atoms. The Morgan fingerprint density at radius 3 is 1.80 bits per heavy atom. The first-order chi connectivity index (χ1) is 3.56. The molecule has 50 valence electrons. The first-order valence-corrected chi connectivity index (χ1v) is 5.19. The normalized spacial score (nSPS) is 9.60. The molecule has 3 nitrogen and oxygen atoms in total. The minimum atomic E-state index is -3.26. The fourth-order valence-corrected chi connectivity index (χ4v) is 1.27. The van der Waals surface area contributed by atoms with E-state index in [0.29, 0.717) is 13.0 Å². The Balaban J connectivity index is -0.000000245. The fraction of sp³-hybridized carbons (Fsp3) is 1.00. The van der Waals surface area contributed by atoms with Gasteiger partial charge in [-0.15, -0.1) is 0 Å². The monoisotopic (exact) mass is 179 g/mol. The van der Waals surface area contributed by atoms with Crippen LogP contribution in [0, 0.1) is 0 Å². The van der Waals surface area contributed by atoms with Gasteiger partial charge in [0.05, 0.1) is 0 Å². The molecule has 0 aliphatic heterocycles. The van der Waals surface area contributed by atoms with Crippen LogP contribution in [0.15, 0.2) is 0 Å². The average Bonchev–Trinajstić information content (AvgIpc) is 1.59. The van der Waals surface area contributed by atoms with Gasteiger partial charge in [0.15, 0.2) is 0 Å². The summed E-state index contributed by atoms with van der Waals surface area (Å²) >= 11 is 0. The molecule has 0 aromatic carbocycles. The number of nitrogens with two attached hydrogens (primary N) is 1. The Hall–Kier alpha value is 2.10. The number of hydrogen-bond donors (Lipinski definition) is 1. The van der Waals surface area contributed by atoms with Gasteiger partial charge in [-0.1, -0.05) is 12.6 Å². The van der Waals surface area contributed by atoms with Gasteiger partial charge in [-0.05, 0) is 13.0 Å². The largest absolute Gasteiger partial charge is 1.00 e. The standard InChI is InChI=1S/C4H11NO2Si.2Na/c1-8(6,7)4-2-3-5;;/h2-5H2,1H3;;/q-2;2*+1. The van der Waals surface area contributed by atoms with Gasteiger partial charge in [-0.25, -0.2) is 0 Å². The quantitative estimate of drug-likeness (QED) is 0.437. The van der Waals surface area contributed by atoms with Crippen molar-refractivity contribution in [3.8, 4) is 0 Å². The molecule has 0 aliphatic carbocycles. The third-order valence-electron chi connectivity index (χ3n) is 0.835. The molecule has 0 bridgehead atoms. The number of hydrogen-bond acceptors (Lipinski definition) is 3. The third kappa shape index (κ3) is 16.6. The van der Waals surface area contributed by atoms with Crippen molar-refractivity contribution in [1.29, 1.82) is 0 Å². The van der Waals surface area contributed by atoms with E-state index in [1.165, 1.54) is 6.55 Å². The van der Waals surface area contributed by atoms with Crippen LogP contribution in [-0.4, -0.2) is 15.1 Å². The maximum atomic E-state index is 10.4. The number of rotatable bonds is 3. The Morgan fingerprint density at radius 2 is 1.70 bits per heavy atom. The molecule has 0 aromatic rings. The Kier molecular flexibility index (Phi) is 16.5. The van der Waals surface area contributed by atoms with Crippen LogP contribution in [-0.2, 0) is 0 Å². The topological polar surface area (TPSA) is 72.1 Å². The maximum absolute atomic E-state index is 10.4. The first kappa shape index (κ1) is 18.0. The summed E-state index contributed by atoms with van der Waals surface area (Å²) in [5, 5.41) is 0. The van der Waals surface area contributed by atoms with Crippen LogP contribution >= 0.6 is 0 Å². The van der Waals surface area contributed by atoms with Gasteiger partial charge in [0.1, 0.15) is 0 Å². The summed E-state index contributed by atoms with van der Waals surface area (Å²) in [4.78, 5) is 20.8. The zero-order valence-corrected chi connectivity index (χ0v) is 12.0. The molecule has 0 aromatic heterocycles. The Labute approximate surface area is 107 Å². The van der Waals surface area contributed by atoms with Crippen molar-refractivity contribution in [2.75, 3.05) is 6.54 Å². The maximum Gasteiger partial charge on any atom is 1.00 e. The minimum Gasteiger partial charge on any atom is -0.870 e. The molecule has 10 heavy (non-hydrogen) atoms. The molecule has 0 atom stereocenters.